The van der Waals surface area contributed by atoms with Gasteiger partial charge < -0.3 is 14.8 Å². The maximum atomic E-state index is 11.4. The first-order valence-corrected chi connectivity index (χ1v) is 7.00. The first kappa shape index (κ1) is 16.1. The van der Waals surface area contributed by atoms with E-state index in [1.54, 1.807) is 12.1 Å². The summed E-state index contributed by atoms with van der Waals surface area (Å²) in [6.45, 7) is 6.10. The van der Waals surface area contributed by atoms with E-state index in [2.05, 4.69) is 21.2 Å². The largest absolute Gasteiger partial charge is 0.490 e. The molecule has 0 fully saturated rings. The molecule has 0 bridgehead atoms. The van der Waals surface area contributed by atoms with E-state index in [0.29, 0.717) is 23.9 Å². The molecule has 0 unspecified atom stereocenters. The second-order valence-corrected chi connectivity index (χ2v) is 6.17. The molecule has 19 heavy (non-hydrogen) atoms. The van der Waals surface area contributed by atoms with E-state index in [9.17, 15) is 4.79 Å². The van der Waals surface area contributed by atoms with Crippen LogP contribution in [-0.2, 0) is 4.74 Å². The molecule has 1 rings (SSSR count). The Bertz CT molecular complexity index is 446. The Balaban J connectivity index is 2.29. The zero-order chi connectivity index (χ0) is 14.5. The highest BCUT2D eigenvalue weighted by atomic mass is 79.9. The molecule has 1 N–H and O–H groups in total. The summed E-state index contributed by atoms with van der Waals surface area (Å²) in [5.41, 5.74) is -0.500. The standard InChI is InChI=1S/C13H17BrClNO3/c1-13(2,3)19-12(17)16-6-7-18-11-5-4-9(14)8-10(11)15/h4-5,8H,6-7H2,1-3H3,(H,16,17). The smallest absolute Gasteiger partial charge is 0.407 e. The number of carbonyl (C=O) groups excluding carboxylic acids is 1. The summed E-state index contributed by atoms with van der Waals surface area (Å²) < 4.78 is 11.4. The molecule has 0 aromatic heterocycles. The summed E-state index contributed by atoms with van der Waals surface area (Å²) in [7, 11) is 0. The van der Waals surface area contributed by atoms with Gasteiger partial charge in [0.25, 0.3) is 0 Å². The third-order valence-electron chi connectivity index (χ3n) is 1.92. The van der Waals surface area contributed by atoms with Gasteiger partial charge in [0.2, 0.25) is 0 Å². The van der Waals surface area contributed by atoms with E-state index in [1.165, 1.54) is 0 Å². The Hall–Kier alpha value is -0.940. The molecule has 0 saturated heterocycles. The maximum Gasteiger partial charge on any atom is 0.407 e. The molecule has 0 spiro atoms. The Morgan fingerprint density at radius 3 is 2.68 bits per heavy atom. The van der Waals surface area contributed by atoms with Crippen molar-refractivity contribution in [2.75, 3.05) is 13.2 Å². The number of amides is 1. The maximum absolute atomic E-state index is 11.4. The van der Waals surface area contributed by atoms with Gasteiger partial charge in [0, 0.05) is 4.47 Å². The lowest BCUT2D eigenvalue weighted by Crippen LogP contribution is -2.34. The SMILES string of the molecule is CC(C)(C)OC(=O)NCCOc1ccc(Br)cc1Cl. The monoisotopic (exact) mass is 349 g/mol. The van der Waals surface area contributed by atoms with Gasteiger partial charge in [0.1, 0.15) is 18.0 Å². The number of nitrogens with one attached hydrogen (secondary N) is 1. The third-order valence-corrected chi connectivity index (χ3v) is 2.71. The lowest BCUT2D eigenvalue weighted by molar-refractivity contribution is 0.0520. The summed E-state index contributed by atoms with van der Waals surface area (Å²) in [5.74, 6) is 0.579. The minimum atomic E-state index is -0.500. The fourth-order valence-corrected chi connectivity index (χ4v) is 1.95. The molecule has 0 atom stereocenters. The van der Waals surface area contributed by atoms with E-state index in [-0.39, 0.29) is 0 Å². The Kier molecular flexibility index (Phi) is 5.94. The number of benzene rings is 1. The molecule has 0 aliphatic rings. The van der Waals surface area contributed by atoms with E-state index in [1.807, 2.05) is 26.8 Å². The van der Waals surface area contributed by atoms with Gasteiger partial charge in [0.15, 0.2) is 0 Å². The van der Waals surface area contributed by atoms with Gasteiger partial charge in [-0.25, -0.2) is 4.79 Å². The minimum Gasteiger partial charge on any atom is -0.490 e. The fourth-order valence-electron chi connectivity index (χ4n) is 1.22. The first-order valence-electron chi connectivity index (χ1n) is 5.82. The number of alkyl carbamates (subject to hydrolysis) is 1. The average Bonchev–Trinajstić information content (AvgIpc) is 2.24. The molecular weight excluding hydrogens is 334 g/mol. The molecular formula is C13H17BrClNO3. The van der Waals surface area contributed by atoms with Crippen LogP contribution in [0.3, 0.4) is 0 Å². The second kappa shape index (κ2) is 7.01. The van der Waals surface area contributed by atoms with Gasteiger partial charge in [-0.2, -0.15) is 0 Å². The molecule has 0 aliphatic carbocycles. The van der Waals surface area contributed by atoms with Crippen LogP contribution < -0.4 is 10.1 Å². The highest BCUT2D eigenvalue weighted by molar-refractivity contribution is 9.10. The molecule has 106 valence electrons. The summed E-state index contributed by atoms with van der Waals surface area (Å²) >= 11 is 9.30. The predicted octanol–water partition coefficient (Wildman–Crippen LogP) is 4.01. The third kappa shape index (κ3) is 6.68. The Labute approximate surface area is 126 Å². The zero-order valence-corrected chi connectivity index (χ0v) is 13.5. The van der Waals surface area contributed by atoms with Crippen molar-refractivity contribution in [2.45, 2.75) is 26.4 Å². The van der Waals surface area contributed by atoms with Crippen LogP contribution in [0.5, 0.6) is 5.75 Å². The lowest BCUT2D eigenvalue weighted by Gasteiger charge is -2.19. The number of ether oxygens (including phenoxy) is 2. The van der Waals surface area contributed by atoms with Crippen molar-refractivity contribution >= 4 is 33.6 Å². The molecule has 0 aliphatic heterocycles. The van der Waals surface area contributed by atoms with E-state index in [0.717, 1.165) is 4.47 Å². The highest BCUT2D eigenvalue weighted by Crippen LogP contribution is 2.27. The van der Waals surface area contributed by atoms with Crippen LogP contribution in [0.2, 0.25) is 5.02 Å². The zero-order valence-electron chi connectivity index (χ0n) is 11.1. The van der Waals surface area contributed by atoms with Gasteiger partial charge in [-0.15, -0.1) is 0 Å². The highest BCUT2D eigenvalue weighted by Gasteiger charge is 2.15. The Morgan fingerprint density at radius 2 is 2.11 bits per heavy atom. The van der Waals surface area contributed by atoms with Gasteiger partial charge in [-0.1, -0.05) is 27.5 Å². The van der Waals surface area contributed by atoms with E-state index < -0.39 is 11.7 Å². The van der Waals surface area contributed by atoms with Crippen LogP contribution >= 0.6 is 27.5 Å². The first-order chi connectivity index (χ1) is 8.78. The molecule has 0 radical (unpaired) electrons. The summed E-state index contributed by atoms with van der Waals surface area (Å²) in [5, 5.41) is 3.12. The molecule has 0 saturated carbocycles. The van der Waals surface area contributed by atoms with Crippen molar-refractivity contribution in [3.63, 3.8) is 0 Å². The summed E-state index contributed by atoms with van der Waals surface area (Å²) in [6.07, 6.45) is -0.460. The van der Waals surface area contributed by atoms with Gasteiger partial charge >= 0.3 is 6.09 Å². The summed E-state index contributed by atoms with van der Waals surface area (Å²) in [4.78, 5) is 11.4. The average molecular weight is 351 g/mol. The minimum absolute atomic E-state index is 0.320. The van der Waals surface area contributed by atoms with E-state index in [4.69, 9.17) is 21.1 Å². The number of rotatable bonds is 4. The molecule has 4 nitrogen and oxygen atoms in total. The number of hydrogen-bond acceptors (Lipinski definition) is 3. The van der Waals surface area contributed by atoms with Crippen LogP contribution in [0.1, 0.15) is 20.8 Å². The number of halogens is 2. The van der Waals surface area contributed by atoms with Crippen LogP contribution in [-0.4, -0.2) is 24.8 Å². The van der Waals surface area contributed by atoms with Crippen LogP contribution in [0.15, 0.2) is 22.7 Å². The molecule has 0 heterocycles. The normalized spacial score (nSPS) is 11.0. The topological polar surface area (TPSA) is 47.6 Å². The number of hydrogen-bond donors (Lipinski definition) is 1. The van der Waals surface area contributed by atoms with Crippen molar-refractivity contribution in [1.82, 2.24) is 5.32 Å². The molecule has 1 aromatic carbocycles. The van der Waals surface area contributed by atoms with Crippen molar-refractivity contribution in [2.24, 2.45) is 0 Å². The quantitative estimate of drug-likeness (QED) is 0.835. The van der Waals surface area contributed by atoms with Crippen LogP contribution in [0, 0.1) is 0 Å². The summed E-state index contributed by atoms with van der Waals surface area (Å²) in [6, 6.07) is 5.35. The van der Waals surface area contributed by atoms with Crippen molar-refractivity contribution in [1.29, 1.82) is 0 Å². The second-order valence-electron chi connectivity index (χ2n) is 4.85. The van der Waals surface area contributed by atoms with Crippen LogP contribution in [0.25, 0.3) is 0 Å². The van der Waals surface area contributed by atoms with Gasteiger partial charge in [-0.3, -0.25) is 0 Å². The van der Waals surface area contributed by atoms with Crippen molar-refractivity contribution in [3.05, 3.63) is 27.7 Å². The predicted molar refractivity (Wildman–Crippen MR) is 78.9 cm³/mol. The van der Waals surface area contributed by atoms with E-state index >= 15 is 0 Å². The molecule has 6 heteroatoms. The lowest BCUT2D eigenvalue weighted by atomic mass is 10.2. The van der Waals surface area contributed by atoms with Crippen LogP contribution in [0.4, 0.5) is 4.79 Å². The van der Waals surface area contributed by atoms with Gasteiger partial charge in [0.05, 0.1) is 11.6 Å². The fraction of sp³-hybridized carbons (Fsp3) is 0.462. The van der Waals surface area contributed by atoms with Crippen molar-refractivity contribution < 1.29 is 14.3 Å². The Morgan fingerprint density at radius 1 is 1.42 bits per heavy atom. The van der Waals surface area contributed by atoms with Crippen molar-refractivity contribution in [3.8, 4) is 5.75 Å². The van der Waals surface area contributed by atoms with Gasteiger partial charge in [-0.05, 0) is 39.0 Å². The molecule has 1 amide bonds. The molecule has 1 aromatic rings. The number of carbonyl (C=O) groups is 1.